The summed E-state index contributed by atoms with van der Waals surface area (Å²) in [5.74, 6) is 1.24. The number of fused-ring (bicyclic) bond motifs is 2. The first-order chi connectivity index (χ1) is 15.6. The van der Waals surface area contributed by atoms with Crippen LogP contribution in [-0.4, -0.2) is 50.0 Å². The molecule has 0 aliphatic carbocycles. The van der Waals surface area contributed by atoms with Crippen LogP contribution in [0.5, 0.6) is 11.9 Å². The monoisotopic (exact) mass is 447 g/mol. The quantitative estimate of drug-likeness (QED) is 0.451. The molecule has 5 rings (SSSR count). The van der Waals surface area contributed by atoms with Crippen LogP contribution < -0.4 is 14.4 Å². The fourth-order valence-electron chi connectivity index (χ4n) is 3.46. The third-order valence-electron chi connectivity index (χ3n) is 4.86. The molecule has 0 spiro atoms. The molecule has 0 fully saturated rings. The highest BCUT2D eigenvalue weighted by Gasteiger charge is 2.25. The lowest BCUT2D eigenvalue weighted by molar-refractivity contribution is 0.313. The largest absolute Gasteiger partial charge is 0.481 e. The van der Waals surface area contributed by atoms with Crippen LogP contribution in [0, 0.1) is 0 Å². The standard InChI is InChI=1S/C22H21N7O2S/c1-4-31-22-24-11-18-21(26-22)29(15-5-8-19(30-3)23-10-15)13-20(25-18)32-16-6-7-17-14(9-16)12-28(2)27-17/h5-12H,4,13H2,1-3H3. The summed E-state index contributed by atoms with van der Waals surface area (Å²) < 4.78 is 12.5. The van der Waals surface area contributed by atoms with Crippen molar-refractivity contribution < 1.29 is 9.47 Å². The fourth-order valence-corrected chi connectivity index (χ4v) is 4.39. The van der Waals surface area contributed by atoms with Crippen LogP contribution in [0.1, 0.15) is 6.92 Å². The van der Waals surface area contributed by atoms with Gasteiger partial charge in [-0.1, -0.05) is 11.8 Å². The molecule has 1 aliphatic heterocycles. The van der Waals surface area contributed by atoms with E-state index in [4.69, 9.17) is 14.5 Å². The first-order valence-corrected chi connectivity index (χ1v) is 10.9. The van der Waals surface area contributed by atoms with E-state index in [1.807, 2.05) is 43.0 Å². The van der Waals surface area contributed by atoms with Crippen molar-refractivity contribution in [1.29, 1.82) is 0 Å². The Hall–Kier alpha value is -3.66. The molecule has 10 heteroatoms. The maximum atomic E-state index is 5.51. The number of nitrogens with zero attached hydrogens (tertiary/aromatic N) is 7. The second-order valence-electron chi connectivity index (χ2n) is 7.07. The van der Waals surface area contributed by atoms with Gasteiger partial charge in [-0.3, -0.25) is 4.68 Å². The van der Waals surface area contributed by atoms with Crippen LogP contribution in [0.15, 0.2) is 58.8 Å². The number of benzene rings is 1. The zero-order valence-corrected chi connectivity index (χ0v) is 18.7. The smallest absolute Gasteiger partial charge is 0.318 e. The fraction of sp³-hybridized carbons (Fsp3) is 0.227. The number of pyridine rings is 1. The Morgan fingerprint density at radius 1 is 1.12 bits per heavy atom. The molecule has 4 aromatic rings. The Morgan fingerprint density at radius 2 is 2.03 bits per heavy atom. The average Bonchev–Trinajstić information content (AvgIpc) is 3.18. The van der Waals surface area contributed by atoms with Gasteiger partial charge in [-0.2, -0.15) is 10.1 Å². The molecule has 9 nitrogen and oxygen atoms in total. The normalized spacial score (nSPS) is 13.1. The Bertz CT molecular complexity index is 1300. The molecule has 0 saturated heterocycles. The Kier molecular flexibility index (Phi) is 5.36. The lowest BCUT2D eigenvalue weighted by Crippen LogP contribution is -2.28. The summed E-state index contributed by atoms with van der Waals surface area (Å²) in [4.78, 5) is 21.2. The molecule has 162 valence electrons. The number of thioether (sulfide) groups is 1. The summed E-state index contributed by atoms with van der Waals surface area (Å²) in [5.41, 5.74) is 2.53. The molecule has 1 aliphatic rings. The molecular formula is C22H21N7O2S. The minimum Gasteiger partial charge on any atom is -0.481 e. The number of methoxy groups -OCH3 is 1. The highest BCUT2D eigenvalue weighted by molar-refractivity contribution is 8.14. The Morgan fingerprint density at radius 3 is 2.81 bits per heavy atom. The number of ether oxygens (including phenoxy) is 2. The predicted octanol–water partition coefficient (Wildman–Crippen LogP) is 4.14. The molecule has 0 atom stereocenters. The van der Waals surface area contributed by atoms with Crippen LogP contribution in [0.3, 0.4) is 0 Å². The number of hydrogen-bond acceptors (Lipinski definition) is 9. The highest BCUT2D eigenvalue weighted by atomic mass is 32.2. The van der Waals surface area contributed by atoms with Gasteiger partial charge in [0.05, 0.1) is 48.9 Å². The first kappa shape index (κ1) is 20.3. The van der Waals surface area contributed by atoms with E-state index in [9.17, 15) is 0 Å². The van der Waals surface area contributed by atoms with E-state index in [0.717, 1.165) is 26.5 Å². The summed E-state index contributed by atoms with van der Waals surface area (Å²) in [6.45, 7) is 2.93. The number of aliphatic imine (C=N–C) groups is 1. The molecule has 0 amide bonds. The Balaban J connectivity index is 1.51. The van der Waals surface area contributed by atoms with Crippen molar-refractivity contribution in [2.45, 2.75) is 11.8 Å². The van der Waals surface area contributed by atoms with Crippen LogP contribution in [0.2, 0.25) is 0 Å². The van der Waals surface area contributed by atoms with E-state index in [0.29, 0.717) is 36.5 Å². The summed E-state index contributed by atoms with van der Waals surface area (Å²) in [5, 5.41) is 6.46. The summed E-state index contributed by atoms with van der Waals surface area (Å²) >= 11 is 1.61. The summed E-state index contributed by atoms with van der Waals surface area (Å²) in [6, 6.07) is 10.3. The van der Waals surface area contributed by atoms with E-state index in [2.05, 4.69) is 37.1 Å². The van der Waals surface area contributed by atoms with Crippen molar-refractivity contribution in [2.75, 3.05) is 25.2 Å². The van der Waals surface area contributed by atoms with Crippen LogP contribution in [0.4, 0.5) is 17.2 Å². The summed E-state index contributed by atoms with van der Waals surface area (Å²) in [7, 11) is 3.52. The van der Waals surface area contributed by atoms with E-state index in [1.54, 1.807) is 31.3 Å². The lowest BCUT2D eigenvalue weighted by Gasteiger charge is -2.28. The first-order valence-electron chi connectivity index (χ1n) is 10.1. The minimum atomic E-state index is 0.325. The molecule has 32 heavy (non-hydrogen) atoms. The van der Waals surface area contributed by atoms with E-state index in [-0.39, 0.29) is 0 Å². The SMILES string of the molecule is CCOc1ncc2c(n1)N(c1ccc(OC)nc1)CC(Sc1ccc3nn(C)cc3c1)=N2. The van der Waals surface area contributed by atoms with Crippen molar-refractivity contribution in [3.63, 3.8) is 0 Å². The number of aryl methyl sites for hydroxylation is 1. The molecule has 3 aromatic heterocycles. The summed E-state index contributed by atoms with van der Waals surface area (Å²) in [6.07, 6.45) is 5.47. The molecule has 0 N–H and O–H groups in total. The van der Waals surface area contributed by atoms with Gasteiger partial charge < -0.3 is 14.4 Å². The average molecular weight is 448 g/mol. The number of aromatic nitrogens is 5. The second-order valence-corrected chi connectivity index (χ2v) is 8.22. The third kappa shape index (κ3) is 3.96. The van der Waals surface area contributed by atoms with Crippen molar-refractivity contribution in [3.8, 4) is 11.9 Å². The van der Waals surface area contributed by atoms with Crippen LogP contribution >= 0.6 is 11.8 Å². The zero-order chi connectivity index (χ0) is 22.1. The van der Waals surface area contributed by atoms with Crippen molar-refractivity contribution in [3.05, 3.63) is 48.9 Å². The zero-order valence-electron chi connectivity index (χ0n) is 17.9. The third-order valence-corrected chi connectivity index (χ3v) is 5.81. The number of hydrogen-bond donors (Lipinski definition) is 0. The van der Waals surface area contributed by atoms with E-state index in [1.165, 1.54) is 0 Å². The Labute approximate surface area is 189 Å². The van der Waals surface area contributed by atoms with E-state index >= 15 is 0 Å². The van der Waals surface area contributed by atoms with Gasteiger partial charge in [0.25, 0.3) is 0 Å². The van der Waals surface area contributed by atoms with Crippen molar-refractivity contribution in [2.24, 2.45) is 12.0 Å². The van der Waals surface area contributed by atoms with Gasteiger partial charge in [0.1, 0.15) is 5.69 Å². The molecule has 0 unspecified atom stereocenters. The number of anilines is 2. The molecule has 1 aromatic carbocycles. The molecule has 0 radical (unpaired) electrons. The second kappa shape index (κ2) is 8.46. The van der Waals surface area contributed by atoms with Gasteiger partial charge in [0.15, 0.2) is 5.82 Å². The van der Waals surface area contributed by atoms with Crippen molar-refractivity contribution in [1.82, 2.24) is 24.7 Å². The molecule has 4 heterocycles. The van der Waals surface area contributed by atoms with Gasteiger partial charge in [0.2, 0.25) is 5.88 Å². The maximum absolute atomic E-state index is 5.51. The predicted molar refractivity (Wildman–Crippen MR) is 125 cm³/mol. The molecule has 0 bridgehead atoms. The van der Waals surface area contributed by atoms with Gasteiger partial charge in [-0.25, -0.2) is 15.0 Å². The molecule has 0 saturated carbocycles. The van der Waals surface area contributed by atoms with Crippen LogP contribution in [0.25, 0.3) is 10.9 Å². The van der Waals surface area contributed by atoms with E-state index < -0.39 is 0 Å². The lowest BCUT2D eigenvalue weighted by atomic mass is 10.3. The number of rotatable bonds is 5. The van der Waals surface area contributed by atoms with Crippen LogP contribution in [-0.2, 0) is 7.05 Å². The van der Waals surface area contributed by atoms with Gasteiger partial charge in [0, 0.05) is 29.6 Å². The highest BCUT2D eigenvalue weighted by Crippen LogP contribution is 2.39. The molecular weight excluding hydrogens is 426 g/mol. The minimum absolute atomic E-state index is 0.325. The maximum Gasteiger partial charge on any atom is 0.318 e. The van der Waals surface area contributed by atoms with Gasteiger partial charge >= 0.3 is 6.01 Å². The van der Waals surface area contributed by atoms with Gasteiger partial charge in [-0.15, -0.1) is 0 Å². The van der Waals surface area contributed by atoms with Crippen molar-refractivity contribution >= 4 is 44.9 Å². The topological polar surface area (TPSA) is 90.5 Å². The van der Waals surface area contributed by atoms with Gasteiger partial charge in [-0.05, 0) is 31.2 Å².